The summed E-state index contributed by atoms with van der Waals surface area (Å²) in [7, 11) is 0. The fraction of sp³-hybridized carbons (Fsp3) is 0.133. The van der Waals surface area contributed by atoms with Gasteiger partial charge in [0.05, 0.1) is 17.3 Å². The molecule has 2 aromatic rings. The molecule has 0 aliphatic heterocycles. The largest absolute Gasteiger partial charge is 0.378 e. The first-order chi connectivity index (χ1) is 9.10. The molecule has 96 valence electrons. The smallest absolute Gasteiger partial charge is 0.146 e. The number of halogens is 2. The van der Waals surface area contributed by atoms with Crippen molar-refractivity contribution < 1.29 is 8.78 Å². The quantitative estimate of drug-likeness (QED) is 0.909. The van der Waals surface area contributed by atoms with Crippen LogP contribution >= 0.6 is 0 Å². The van der Waals surface area contributed by atoms with Gasteiger partial charge < -0.3 is 5.32 Å². The molecule has 1 N–H and O–H groups in total. The van der Waals surface area contributed by atoms with E-state index in [1.165, 1.54) is 24.3 Å². The van der Waals surface area contributed by atoms with E-state index in [0.29, 0.717) is 11.3 Å². The highest BCUT2D eigenvalue weighted by Crippen LogP contribution is 2.18. The van der Waals surface area contributed by atoms with Crippen LogP contribution < -0.4 is 5.32 Å². The minimum Gasteiger partial charge on any atom is -0.378 e. The minimum atomic E-state index is -0.473. The van der Waals surface area contributed by atoms with E-state index in [2.05, 4.69) is 5.32 Å². The van der Waals surface area contributed by atoms with Crippen LogP contribution in [0, 0.1) is 29.9 Å². The van der Waals surface area contributed by atoms with Crippen molar-refractivity contribution in [3.63, 3.8) is 0 Å². The van der Waals surface area contributed by atoms with Crippen LogP contribution in [0.1, 0.15) is 16.7 Å². The third-order valence-corrected chi connectivity index (χ3v) is 2.77. The summed E-state index contributed by atoms with van der Waals surface area (Å²) in [5.74, 6) is -0.848. The lowest BCUT2D eigenvalue weighted by Gasteiger charge is -2.09. The maximum Gasteiger partial charge on any atom is 0.146 e. The molecule has 19 heavy (non-hydrogen) atoms. The molecule has 0 saturated carbocycles. The molecular formula is C15H12F2N2. The van der Waals surface area contributed by atoms with Crippen LogP contribution in [-0.2, 0) is 6.54 Å². The van der Waals surface area contributed by atoms with Gasteiger partial charge in [-0.15, -0.1) is 0 Å². The maximum absolute atomic E-state index is 13.6. The predicted octanol–water partition coefficient (Wildman–Crippen LogP) is 3.76. The molecule has 4 heteroatoms. The number of benzene rings is 2. The SMILES string of the molecule is Cc1ccc(F)c(NCc2ccc(C#N)cc2F)c1. The average molecular weight is 258 g/mol. The molecule has 0 bridgehead atoms. The summed E-state index contributed by atoms with van der Waals surface area (Å²) in [5, 5.41) is 11.5. The molecule has 0 aromatic heterocycles. The summed E-state index contributed by atoms with van der Waals surface area (Å²) in [6, 6.07) is 10.8. The van der Waals surface area contributed by atoms with E-state index in [4.69, 9.17) is 5.26 Å². The average Bonchev–Trinajstić information content (AvgIpc) is 2.40. The molecule has 0 saturated heterocycles. The van der Waals surface area contributed by atoms with Crippen molar-refractivity contribution in [2.75, 3.05) is 5.32 Å². The fourth-order valence-electron chi connectivity index (χ4n) is 1.73. The summed E-state index contributed by atoms with van der Waals surface area (Å²) in [6.07, 6.45) is 0. The van der Waals surface area contributed by atoms with Gasteiger partial charge >= 0.3 is 0 Å². The van der Waals surface area contributed by atoms with E-state index < -0.39 is 5.82 Å². The number of anilines is 1. The number of hydrogen-bond acceptors (Lipinski definition) is 2. The number of nitrogens with one attached hydrogen (secondary N) is 1. The second kappa shape index (κ2) is 5.49. The lowest BCUT2D eigenvalue weighted by Crippen LogP contribution is -2.04. The summed E-state index contributed by atoms with van der Waals surface area (Å²) in [6.45, 7) is 2.02. The molecule has 0 fully saturated rings. The Morgan fingerprint density at radius 3 is 2.58 bits per heavy atom. The van der Waals surface area contributed by atoms with Gasteiger partial charge in [-0.1, -0.05) is 12.1 Å². The van der Waals surface area contributed by atoms with E-state index >= 15 is 0 Å². The van der Waals surface area contributed by atoms with Crippen molar-refractivity contribution in [1.29, 1.82) is 5.26 Å². The molecule has 0 amide bonds. The van der Waals surface area contributed by atoms with Gasteiger partial charge in [-0.05, 0) is 36.8 Å². The Bertz CT molecular complexity index is 645. The monoisotopic (exact) mass is 258 g/mol. The lowest BCUT2D eigenvalue weighted by atomic mass is 10.1. The first-order valence-electron chi connectivity index (χ1n) is 5.78. The number of hydrogen-bond donors (Lipinski definition) is 1. The van der Waals surface area contributed by atoms with Gasteiger partial charge in [0.25, 0.3) is 0 Å². The Morgan fingerprint density at radius 1 is 1.11 bits per heavy atom. The van der Waals surface area contributed by atoms with Gasteiger partial charge in [-0.2, -0.15) is 5.26 Å². The molecule has 0 spiro atoms. The van der Waals surface area contributed by atoms with Crippen molar-refractivity contribution in [2.45, 2.75) is 13.5 Å². The third kappa shape index (κ3) is 3.08. The molecular weight excluding hydrogens is 246 g/mol. The number of nitriles is 1. The van der Waals surface area contributed by atoms with Gasteiger partial charge in [-0.3, -0.25) is 0 Å². The van der Waals surface area contributed by atoms with Crippen molar-refractivity contribution in [3.8, 4) is 6.07 Å². The Kier molecular flexibility index (Phi) is 3.76. The zero-order valence-corrected chi connectivity index (χ0v) is 10.4. The summed E-state index contributed by atoms with van der Waals surface area (Å²) in [5.41, 5.74) is 1.91. The highest BCUT2D eigenvalue weighted by atomic mass is 19.1. The van der Waals surface area contributed by atoms with Crippen LogP contribution in [0.15, 0.2) is 36.4 Å². The Hall–Kier alpha value is -2.41. The molecule has 0 aliphatic rings. The van der Waals surface area contributed by atoms with Gasteiger partial charge in [-0.25, -0.2) is 8.78 Å². The Morgan fingerprint density at radius 2 is 1.89 bits per heavy atom. The number of aryl methyl sites for hydroxylation is 1. The third-order valence-electron chi connectivity index (χ3n) is 2.77. The van der Waals surface area contributed by atoms with Crippen molar-refractivity contribution >= 4 is 5.69 Å². The number of rotatable bonds is 3. The van der Waals surface area contributed by atoms with Crippen molar-refractivity contribution in [3.05, 3.63) is 64.7 Å². The zero-order valence-electron chi connectivity index (χ0n) is 10.4. The maximum atomic E-state index is 13.6. The van der Waals surface area contributed by atoms with Crippen LogP contribution in [0.25, 0.3) is 0 Å². The first kappa shape index (κ1) is 13.0. The second-order valence-electron chi connectivity index (χ2n) is 4.25. The minimum absolute atomic E-state index is 0.165. The van der Waals surface area contributed by atoms with Gasteiger partial charge in [0.2, 0.25) is 0 Å². The topological polar surface area (TPSA) is 35.8 Å². The molecule has 0 aliphatic carbocycles. The lowest BCUT2D eigenvalue weighted by molar-refractivity contribution is 0.610. The first-order valence-corrected chi connectivity index (χ1v) is 5.78. The summed E-state index contributed by atoms with van der Waals surface area (Å²) >= 11 is 0. The van der Waals surface area contributed by atoms with Gasteiger partial charge in [0, 0.05) is 12.1 Å². The van der Waals surface area contributed by atoms with E-state index in [-0.39, 0.29) is 17.9 Å². The molecule has 2 aromatic carbocycles. The normalized spacial score (nSPS) is 10.0. The van der Waals surface area contributed by atoms with Crippen LogP contribution in [0.2, 0.25) is 0 Å². The fourth-order valence-corrected chi connectivity index (χ4v) is 1.73. The molecule has 0 heterocycles. The van der Waals surface area contributed by atoms with Crippen LogP contribution in [0.5, 0.6) is 0 Å². The molecule has 2 rings (SSSR count). The molecule has 0 unspecified atom stereocenters. The van der Waals surface area contributed by atoms with Crippen molar-refractivity contribution in [1.82, 2.24) is 0 Å². The predicted molar refractivity (Wildman–Crippen MR) is 69.6 cm³/mol. The van der Waals surface area contributed by atoms with E-state index in [1.807, 2.05) is 13.0 Å². The Labute approximate surface area is 110 Å². The van der Waals surface area contributed by atoms with Crippen molar-refractivity contribution in [2.24, 2.45) is 0 Å². The summed E-state index contributed by atoms with van der Waals surface area (Å²) < 4.78 is 27.1. The second-order valence-corrected chi connectivity index (χ2v) is 4.25. The van der Waals surface area contributed by atoms with E-state index in [0.717, 1.165) is 5.56 Å². The molecule has 2 nitrogen and oxygen atoms in total. The summed E-state index contributed by atoms with van der Waals surface area (Å²) in [4.78, 5) is 0. The molecule has 0 radical (unpaired) electrons. The zero-order chi connectivity index (χ0) is 13.8. The standard InChI is InChI=1S/C15H12F2N2/c1-10-2-5-13(16)15(6-10)19-9-12-4-3-11(8-18)7-14(12)17/h2-7,19H,9H2,1H3. The van der Waals surface area contributed by atoms with Crippen LogP contribution in [0.3, 0.4) is 0 Å². The Balaban J connectivity index is 2.15. The highest BCUT2D eigenvalue weighted by Gasteiger charge is 2.06. The van der Waals surface area contributed by atoms with Gasteiger partial charge in [0.15, 0.2) is 0 Å². The van der Waals surface area contributed by atoms with Crippen LogP contribution in [-0.4, -0.2) is 0 Å². The molecule has 0 atom stereocenters. The van der Waals surface area contributed by atoms with Gasteiger partial charge in [0.1, 0.15) is 11.6 Å². The number of nitrogens with zero attached hydrogens (tertiary/aromatic N) is 1. The van der Waals surface area contributed by atoms with E-state index in [9.17, 15) is 8.78 Å². The van der Waals surface area contributed by atoms with E-state index in [1.54, 1.807) is 12.1 Å². The van der Waals surface area contributed by atoms with Crippen LogP contribution in [0.4, 0.5) is 14.5 Å². The highest BCUT2D eigenvalue weighted by molar-refractivity contribution is 5.47.